The third kappa shape index (κ3) is 5.73. The van der Waals surface area contributed by atoms with Crippen LogP contribution in [-0.4, -0.2) is 40.8 Å². The van der Waals surface area contributed by atoms with E-state index in [4.69, 9.17) is 14.1 Å². The number of benzene rings is 2. The SMILES string of the molecule is C=C1Nc2ccccc2C(c2ccccc2)=N[C@@H]1Nc1nnc(-c2ncc(C(F)(F)F)cc2/C=C/COC)o1. The fourth-order valence-electron chi connectivity index (χ4n) is 3.97. The third-order valence-electron chi connectivity index (χ3n) is 5.81. The highest BCUT2D eigenvalue weighted by Crippen LogP contribution is 2.33. The highest BCUT2D eigenvalue weighted by Gasteiger charge is 2.32. The molecule has 0 amide bonds. The summed E-state index contributed by atoms with van der Waals surface area (Å²) in [4.78, 5) is 8.87. The smallest absolute Gasteiger partial charge is 0.402 e. The summed E-state index contributed by atoms with van der Waals surface area (Å²) in [6.45, 7) is 4.32. The number of fused-ring (bicyclic) bond motifs is 1. The van der Waals surface area contributed by atoms with Crippen LogP contribution >= 0.6 is 0 Å². The summed E-state index contributed by atoms with van der Waals surface area (Å²) in [5, 5.41) is 14.4. The number of nitrogens with one attached hydrogen (secondary N) is 2. The fraction of sp³-hybridized carbons (Fsp3) is 0.143. The van der Waals surface area contributed by atoms with E-state index in [1.165, 1.54) is 13.2 Å². The molecule has 3 heterocycles. The fourth-order valence-corrected chi connectivity index (χ4v) is 3.97. The van der Waals surface area contributed by atoms with E-state index in [1.807, 2.05) is 54.6 Å². The van der Waals surface area contributed by atoms with E-state index in [2.05, 4.69) is 32.4 Å². The molecule has 8 nitrogen and oxygen atoms in total. The number of ether oxygens (including phenoxy) is 1. The van der Waals surface area contributed by atoms with E-state index in [1.54, 1.807) is 6.08 Å². The summed E-state index contributed by atoms with van der Waals surface area (Å²) in [5.74, 6) is -0.0639. The second kappa shape index (κ2) is 10.9. The van der Waals surface area contributed by atoms with E-state index in [0.29, 0.717) is 5.70 Å². The minimum absolute atomic E-state index is 0.00594. The van der Waals surface area contributed by atoms with Gasteiger partial charge in [0.15, 0.2) is 6.17 Å². The standard InChI is InChI=1S/C28H23F3N6O2/c1-17-25(34-23(18-9-4-3-5-10-18)21-12-6-7-13-22(21)33-17)35-27-37-36-26(39-27)24-19(11-8-14-38-2)15-20(16-32-24)28(29,30)31/h3-13,15-16,25,33H,1,14H2,2H3,(H,35,37)/b11-8+/t25-/m1/s1. The van der Waals surface area contributed by atoms with Crippen molar-refractivity contribution in [1.82, 2.24) is 15.2 Å². The molecule has 0 fully saturated rings. The molecule has 0 saturated carbocycles. The van der Waals surface area contributed by atoms with Crippen LogP contribution in [0, 0.1) is 0 Å². The summed E-state index contributed by atoms with van der Waals surface area (Å²) < 4.78 is 50.6. The van der Waals surface area contributed by atoms with Gasteiger partial charge >= 0.3 is 12.2 Å². The van der Waals surface area contributed by atoms with E-state index >= 15 is 0 Å². The molecule has 0 unspecified atom stereocenters. The van der Waals surface area contributed by atoms with E-state index in [0.717, 1.165) is 34.8 Å². The van der Waals surface area contributed by atoms with E-state index in [9.17, 15) is 13.2 Å². The predicted octanol–water partition coefficient (Wildman–Crippen LogP) is 6.02. The zero-order chi connectivity index (χ0) is 27.4. The van der Waals surface area contributed by atoms with Gasteiger partial charge in [0, 0.05) is 35.7 Å². The first-order valence-electron chi connectivity index (χ1n) is 11.8. The zero-order valence-corrected chi connectivity index (χ0v) is 20.7. The number of benzodiazepines with no additional fused rings is 1. The number of pyridine rings is 1. The Labute approximate surface area is 222 Å². The van der Waals surface area contributed by atoms with Gasteiger partial charge < -0.3 is 19.8 Å². The molecular weight excluding hydrogens is 509 g/mol. The molecule has 5 rings (SSSR count). The average Bonchev–Trinajstić information content (AvgIpc) is 3.34. The molecule has 1 aliphatic heterocycles. The number of hydrogen-bond acceptors (Lipinski definition) is 8. The van der Waals surface area contributed by atoms with Gasteiger partial charge in [-0.2, -0.15) is 13.2 Å². The summed E-state index contributed by atoms with van der Waals surface area (Å²) in [6, 6.07) is 18.4. The van der Waals surface area contributed by atoms with Crippen LogP contribution in [0.4, 0.5) is 24.9 Å². The first-order valence-corrected chi connectivity index (χ1v) is 11.8. The van der Waals surface area contributed by atoms with Gasteiger partial charge in [0.1, 0.15) is 5.69 Å². The van der Waals surface area contributed by atoms with Gasteiger partial charge in [-0.3, -0.25) is 4.99 Å². The van der Waals surface area contributed by atoms with Gasteiger partial charge in [0.2, 0.25) is 0 Å². The van der Waals surface area contributed by atoms with Crippen molar-refractivity contribution in [2.24, 2.45) is 4.99 Å². The van der Waals surface area contributed by atoms with Crippen LogP contribution in [-0.2, 0) is 10.9 Å². The highest BCUT2D eigenvalue weighted by molar-refractivity contribution is 6.16. The maximum atomic E-state index is 13.3. The molecule has 11 heteroatoms. The van der Waals surface area contributed by atoms with Gasteiger partial charge in [0.25, 0.3) is 5.89 Å². The van der Waals surface area contributed by atoms with Crippen molar-refractivity contribution in [3.63, 3.8) is 0 Å². The molecule has 198 valence electrons. The maximum absolute atomic E-state index is 13.3. The van der Waals surface area contributed by atoms with Gasteiger partial charge in [-0.25, -0.2) is 4.98 Å². The first kappa shape index (κ1) is 25.9. The van der Waals surface area contributed by atoms with Crippen LogP contribution < -0.4 is 10.6 Å². The minimum atomic E-state index is -4.56. The lowest BCUT2D eigenvalue weighted by molar-refractivity contribution is -0.137. The van der Waals surface area contributed by atoms with Crippen LogP contribution in [0.3, 0.4) is 0 Å². The lowest BCUT2D eigenvalue weighted by Crippen LogP contribution is -2.23. The van der Waals surface area contributed by atoms with E-state index < -0.39 is 17.9 Å². The van der Waals surface area contributed by atoms with Crippen LogP contribution in [0.15, 0.2) is 94.6 Å². The number of alkyl halides is 3. The van der Waals surface area contributed by atoms with Gasteiger partial charge in [-0.15, -0.1) is 5.10 Å². The van der Waals surface area contributed by atoms with Crippen molar-refractivity contribution in [3.8, 4) is 11.6 Å². The lowest BCUT2D eigenvalue weighted by atomic mass is 10.0. The maximum Gasteiger partial charge on any atom is 0.417 e. The number of para-hydroxylation sites is 1. The summed E-state index contributed by atoms with van der Waals surface area (Å²) in [7, 11) is 1.48. The van der Waals surface area contributed by atoms with Crippen LogP contribution in [0.1, 0.15) is 22.3 Å². The minimum Gasteiger partial charge on any atom is -0.402 e. The molecule has 0 aliphatic carbocycles. The largest absolute Gasteiger partial charge is 0.417 e. The van der Waals surface area contributed by atoms with Gasteiger partial charge in [-0.05, 0) is 12.1 Å². The van der Waals surface area contributed by atoms with Crippen molar-refractivity contribution < 1.29 is 22.3 Å². The molecule has 39 heavy (non-hydrogen) atoms. The molecule has 2 aromatic carbocycles. The van der Waals surface area contributed by atoms with Crippen molar-refractivity contribution in [3.05, 3.63) is 107 Å². The highest BCUT2D eigenvalue weighted by atomic mass is 19.4. The van der Waals surface area contributed by atoms with Crippen LogP contribution in [0.25, 0.3) is 17.7 Å². The molecule has 2 N–H and O–H groups in total. The molecule has 1 aliphatic rings. The van der Waals surface area contributed by atoms with Crippen molar-refractivity contribution in [2.75, 3.05) is 24.4 Å². The molecular formula is C28H23F3N6O2. The number of rotatable bonds is 7. The quantitative estimate of drug-likeness (QED) is 0.300. The summed E-state index contributed by atoms with van der Waals surface area (Å²) in [6.07, 6.45) is -1.51. The Balaban J connectivity index is 1.48. The van der Waals surface area contributed by atoms with Crippen LogP contribution in [0.2, 0.25) is 0 Å². The second-order valence-corrected chi connectivity index (χ2v) is 8.52. The second-order valence-electron chi connectivity index (χ2n) is 8.52. The van der Waals surface area contributed by atoms with Crippen molar-refractivity contribution >= 4 is 23.5 Å². The Bertz CT molecular complexity index is 1550. The first-order chi connectivity index (χ1) is 18.8. The number of nitrogens with zero attached hydrogens (tertiary/aromatic N) is 4. The molecule has 0 spiro atoms. The third-order valence-corrected chi connectivity index (χ3v) is 5.81. The van der Waals surface area contributed by atoms with Crippen molar-refractivity contribution in [2.45, 2.75) is 12.3 Å². The Morgan fingerprint density at radius 3 is 2.64 bits per heavy atom. The number of hydrogen-bond donors (Lipinski definition) is 2. The molecule has 0 radical (unpaired) electrons. The Hall–Kier alpha value is -4.77. The van der Waals surface area contributed by atoms with E-state index in [-0.39, 0.29) is 29.8 Å². The summed E-state index contributed by atoms with van der Waals surface area (Å²) >= 11 is 0. The predicted molar refractivity (Wildman–Crippen MR) is 142 cm³/mol. The lowest BCUT2D eigenvalue weighted by Gasteiger charge is -2.15. The van der Waals surface area contributed by atoms with Crippen molar-refractivity contribution in [1.29, 1.82) is 0 Å². The molecule has 2 aromatic heterocycles. The molecule has 4 aromatic rings. The number of anilines is 2. The average molecular weight is 533 g/mol. The monoisotopic (exact) mass is 532 g/mol. The van der Waals surface area contributed by atoms with Crippen LogP contribution in [0.5, 0.6) is 0 Å². The molecule has 0 saturated heterocycles. The Morgan fingerprint density at radius 1 is 1.10 bits per heavy atom. The molecule has 1 atom stereocenters. The number of aliphatic imine (C=N–C) groups is 1. The normalized spacial score (nSPS) is 15.4. The van der Waals surface area contributed by atoms with Gasteiger partial charge in [-0.1, -0.05) is 72.4 Å². The Kier molecular flexibility index (Phi) is 7.24. The number of halogens is 3. The number of methoxy groups -OCH3 is 1. The Morgan fingerprint density at radius 2 is 1.87 bits per heavy atom. The summed E-state index contributed by atoms with van der Waals surface area (Å²) in [5.41, 5.74) is 3.23. The van der Waals surface area contributed by atoms with Gasteiger partial charge in [0.05, 0.1) is 23.6 Å². The topological polar surface area (TPSA) is 97.5 Å². The molecule has 0 bridgehead atoms. The number of aromatic nitrogens is 3. The zero-order valence-electron chi connectivity index (χ0n) is 20.7.